The fraction of sp³-hybridized carbons (Fsp3) is 0.105. The van der Waals surface area contributed by atoms with Gasteiger partial charge in [-0.15, -0.1) is 0 Å². The second-order valence-corrected chi connectivity index (χ2v) is 9.36. The molecule has 0 aliphatic rings. The molecule has 0 unspecified atom stereocenters. The molecule has 0 spiro atoms. The SMILES string of the molecule is CNS(=O)(=O)c1nc(C(=O)NCc2ccc(Cl)c(Oc3cc(Cl)cc(C#N)c3)c2F)c(Cl)[nH]1. The number of benzene rings is 2. The molecule has 1 heterocycles. The van der Waals surface area contributed by atoms with Crippen LogP contribution < -0.4 is 14.8 Å². The summed E-state index contributed by atoms with van der Waals surface area (Å²) in [6, 6.07) is 8.73. The summed E-state index contributed by atoms with van der Waals surface area (Å²) in [5.41, 5.74) is -0.188. The number of carbonyl (C=O) groups is 1. The van der Waals surface area contributed by atoms with Gasteiger partial charge in [0.15, 0.2) is 17.3 Å². The van der Waals surface area contributed by atoms with Crippen molar-refractivity contribution in [2.24, 2.45) is 0 Å². The Morgan fingerprint density at radius 1 is 1.27 bits per heavy atom. The molecule has 0 aliphatic carbocycles. The largest absolute Gasteiger partial charge is 0.453 e. The summed E-state index contributed by atoms with van der Waals surface area (Å²) in [7, 11) is -2.79. The summed E-state index contributed by atoms with van der Waals surface area (Å²) in [4.78, 5) is 18.4. The number of sulfonamides is 1. The Morgan fingerprint density at radius 2 is 2.00 bits per heavy atom. The minimum absolute atomic E-state index is 0.0000118. The fourth-order valence-corrected chi connectivity index (χ4v) is 3.90. The predicted octanol–water partition coefficient (Wildman–Crippen LogP) is 4.01. The van der Waals surface area contributed by atoms with Crippen LogP contribution in [-0.2, 0) is 16.6 Å². The molecule has 2 aromatic carbocycles. The molecule has 3 aromatic rings. The van der Waals surface area contributed by atoms with Crippen LogP contribution in [0, 0.1) is 17.1 Å². The van der Waals surface area contributed by atoms with Gasteiger partial charge in [0.1, 0.15) is 10.9 Å². The standard InChI is InChI=1S/C19H13Cl3FN5O4S/c1-25-33(30,31)19-27-15(17(22)28-19)18(29)26-8-10-2-3-13(21)16(14(10)23)32-12-5-9(7-24)4-11(20)6-12/h2-6,25H,8H2,1H3,(H,26,29)(H,27,28). The van der Waals surface area contributed by atoms with Gasteiger partial charge in [-0.05, 0) is 31.3 Å². The smallest absolute Gasteiger partial charge is 0.274 e. The van der Waals surface area contributed by atoms with Crippen LogP contribution in [-0.4, -0.2) is 31.3 Å². The zero-order valence-electron chi connectivity index (χ0n) is 16.5. The van der Waals surface area contributed by atoms with Crippen molar-refractivity contribution in [1.29, 1.82) is 5.26 Å². The molecule has 0 atom stereocenters. The lowest BCUT2D eigenvalue weighted by Gasteiger charge is -2.13. The average Bonchev–Trinajstić information content (AvgIpc) is 3.18. The summed E-state index contributed by atoms with van der Waals surface area (Å²) in [5.74, 6) is -1.97. The van der Waals surface area contributed by atoms with Gasteiger partial charge < -0.3 is 15.0 Å². The number of carbonyl (C=O) groups excluding carboxylic acids is 1. The van der Waals surface area contributed by atoms with Gasteiger partial charge in [-0.25, -0.2) is 22.5 Å². The number of rotatable bonds is 7. The number of halogens is 4. The lowest BCUT2D eigenvalue weighted by Crippen LogP contribution is -2.24. The number of nitriles is 1. The first kappa shape index (κ1) is 24.8. The van der Waals surface area contributed by atoms with E-state index in [0.29, 0.717) is 0 Å². The molecule has 3 rings (SSSR count). The first-order chi connectivity index (χ1) is 15.6. The van der Waals surface area contributed by atoms with E-state index in [1.54, 1.807) is 0 Å². The zero-order chi connectivity index (χ0) is 24.3. The molecular formula is C19H13Cl3FN5O4S. The Balaban J connectivity index is 1.81. The summed E-state index contributed by atoms with van der Waals surface area (Å²) in [5, 5.41) is 10.7. The van der Waals surface area contributed by atoms with Crippen molar-refractivity contribution in [2.45, 2.75) is 11.7 Å². The number of H-pyrrole nitrogens is 1. The molecule has 0 fully saturated rings. The summed E-state index contributed by atoms with van der Waals surface area (Å²) < 4.78 is 46.2. The Labute approximate surface area is 202 Å². The Morgan fingerprint density at radius 3 is 2.67 bits per heavy atom. The maximum atomic E-state index is 15.0. The number of hydrogen-bond acceptors (Lipinski definition) is 6. The van der Waals surface area contributed by atoms with Gasteiger partial charge in [0, 0.05) is 17.1 Å². The molecule has 0 aliphatic heterocycles. The molecule has 0 saturated heterocycles. The molecule has 14 heteroatoms. The van der Waals surface area contributed by atoms with Crippen LogP contribution >= 0.6 is 34.8 Å². The predicted molar refractivity (Wildman–Crippen MR) is 119 cm³/mol. The molecule has 9 nitrogen and oxygen atoms in total. The average molecular weight is 533 g/mol. The van der Waals surface area contributed by atoms with Gasteiger partial charge in [0.05, 0.1) is 16.7 Å². The van der Waals surface area contributed by atoms with E-state index >= 15 is 4.39 Å². The summed E-state index contributed by atoms with van der Waals surface area (Å²) in [6.07, 6.45) is 0. The van der Waals surface area contributed by atoms with E-state index in [4.69, 9.17) is 44.8 Å². The molecule has 0 saturated carbocycles. The van der Waals surface area contributed by atoms with E-state index in [1.165, 1.54) is 37.4 Å². The second kappa shape index (κ2) is 9.94. The van der Waals surface area contributed by atoms with Crippen LogP contribution in [0.2, 0.25) is 15.2 Å². The van der Waals surface area contributed by atoms with E-state index in [-0.39, 0.29) is 50.1 Å². The normalized spacial score (nSPS) is 11.2. The molecule has 172 valence electrons. The zero-order valence-corrected chi connectivity index (χ0v) is 19.6. The van der Waals surface area contributed by atoms with Crippen molar-refractivity contribution in [2.75, 3.05) is 7.05 Å². The molecular weight excluding hydrogens is 520 g/mol. The lowest BCUT2D eigenvalue weighted by molar-refractivity contribution is 0.0946. The van der Waals surface area contributed by atoms with Gasteiger partial charge in [-0.2, -0.15) is 5.26 Å². The number of imidazole rings is 1. The number of amides is 1. The van der Waals surface area contributed by atoms with Crippen LogP contribution in [0.25, 0.3) is 0 Å². The topological polar surface area (TPSA) is 137 Å². The van der Waals surface area contributed by atoms with Crippen LogP contribution in [0.15, 0.2) is 35.5 Å². The molecule has 33 heavy (non-hydrogen) atoms. The number of nitrogens with zero attached hydrogens (tertiary/aromatic N) is 2. The van der Waals surface area contributed by atoms with E-state index in [2.05, 4.69) is 15.3 Å². The number of aromatic nitrogens is 2. The highest BCUT2D eigenvalue weighted by molar-refractivity contribution is 7.89. The van der Waals surface area contributed by atoms with Crippen molar-refractivity contribution in [3.05, 3.63) is 68.2 Å². The third kappa shape index (κ3) is 5.55. The fourth-order valence-electron chi connectivity index (χ4n) is 2.57. The molecule has 3 N–H and O–H groups in total. The van der Waals surface area contributed by atoms with Crippen molar-refractivity contribution in [1.82, 2.24) is 20.0 Å². The maximum absolute atomic E-state index is 15.0. The number of nitrogens with one attached hydrogen (secondary N) is 3. The van der Waals surface area contributed by atoms with E-state index in [0.717, 1.165) is 0 Å². The Kier molecular flexibility index (Phi) is 7.46. The second-order valence-electron chi connectivity index (χ2n) is 6.33. The Bertz CT molecular complexity index is 1390. The van der Waals surface area contributed by atoms with Crippen LogP contribution in [0.5, 0.6) is 11.5 Å². The van der Waals surface area contributed by atoms with Crippen molar-refractivity contribution < 1.29 is 22.3 Å². The number of aromatic amines is 1. The molecule has 1 amide bonds. The van der Waals surface area contributed by atoms with Crippen molar-refractivity contribution in [3.8, 4) is 17.6 Å². The monoisotopic (exact) mass is 531 g/mol. The number of hydrogen-bond donors (Lipinski definition) is 3. The van der Waals surface area contributed by atoms with E-state index in [9.17, 15) is 13.2 Å². The van der Waals surface area contributed by atoms with Gasteiger partial charge in [-0.3, -0.25) is 4.79 Å². The quantitative estimate of drug-likeness (QED) is 0.420. The van der Waals surface area contributed by atoms with E-state index < -0.39 is 26.9 Å². The van der Waals surface area contributed by atoms with Crippen LogP contribution in [0.3, 0.4) is 0 Å². The summed E-state index contributed by atoms with van der Waals surface area (Å²) in [6.45, 7) is -0.325. The highest BCUT2D eigenvalue weighted by Gasteiger charge is 2.24. The molecule has 0 radical (unpaired) electrons. The highest BCUT2D eigenvalue weighted by Crippen LogP contribution is 2.35. The van der Waals surface area contributed by atoms with Crippen molar-refractivity contribution >= 4 is 50.7 Å². The minimum Gasteiger partial charge on any atom is -0.453 e. The lowest BCUT2D eigenvalue weighted by atomic mass is 10.2. The van der Waals surface area contributed by atoms with Gasteiger partial charge in [-0.1, -0.05) is 40.9 Å². The maximum Gasteiger partial charge on any atom is 0.274 e. The summed E-state index contributed by atoms with van der Waals surface area (Å²) >= 11 is 17.9. The van der Waals surface area contributed by atoms with Crippen LogP contribution in [0.4, 0.5) is 4.39 Å². The Hall–Kier alpha value is -2.88. The van der Waals surface area contributed by atoms with E-state index in [1.807, 2.05) is 10.8 Å². The number of ether oxygens (including phenoxy) is 1. The van der Waals surface area contributed by atoms with Gasteiger partial charge in [0.2, 0.25) is 5.16 Å². The molecule has 0 bridgehead atoms. The minimum atomic E-state index is -3.96. The third-order valence-corrected chi connectivity index (χ3v) is 6.19. The van der Waals surface area contributed by atoms with Gasteiger partial charge in [0.25, 0.3) is 15.9 Å². The first-order valence-electron chi connectivity index (χ1n) is 8.88. The third-order valence-electron chi connectivity index (χ3n) is 4.17. The van der Waals surface area contributed by atoms with Gasteiger partial charge >= 0.3 is 0 Å². The molecule has 1 aromatic heterocycles. The highest BCUT2D eigenvalue weighted by atomic mass is 35.5. The van der Waals surface area contributed by atoms with Crippen LogP contribution in [0.1, 0.15) is 21.6 Å². The van der Waals surface area contributed by atoms with Crippen molar-refractivity contribution in [3.63, 3.8) is 0 Å². The first-order valence-corrected chi connectivity index (χ1v) is 11.5.